The van der Waals surface area contributed by atoms with Crippen LogP contribution < -0.4 is 4.90 Å². The van der Waals surface area contributed by atoms with Gasteiger partial charge in [0.2, 0.25) is 0 Å². The number of hydrogen-bond acceptors (Lipinski definition) is 5. The summed E-state index contributed by atoms with van der Waals surface area (Å²) in [4.78, 5) is 16.8. The predicted octanol–water partition coefficient (Wildman–Crippen LogP) is 4.33. The number of piperidine rings is 1. The maximum atomic E-state index is 10.8. The lowest BCUT2D eigenvalue weighted by molar-refractivity contribution is -0.385. The number of hydrogen-bond donors (Lipinski definition) is 0. The van der Waals surface area contributed by atoms with Gasteiger partial charge in [-0.25, -0.2) is 4.98 Å². The molecule has 1 aromatic rings. The minimum Gasteiger partial charge on any atom is -0.397 e. The molecule has 1 aromatic heterocycles. The Balaban J connectivity index is 2.20. The molecule has 23 heavy (non-hydrogen) atoms. The van der Waals surface area contributed by atoms with Crippen LogP contribution in [0.2, 0.25) is 18.1 Å². The van der Waals surface area contributed by atoms with Crippen molar-refractivity contribution in [2.24, 2.45) is 0 Å². The van der Waals surface area contributed by atoms with Crippen molar-refractivity contribution in [1.29, 1.82) is 0 Å². The van der Waals surface area contributed by atoms with Crippen LogP contribution in [0.25, 0.3) is 0 Å². The molecule has 1 aliphatic rings. The van der Waals surface area contributed by atoms with E-state index in [1.165, 1.54) is 12.3 Å². The SMILES string of the molecule is CC(C)(C)[Si](C)(C)OC1CCCCN1c1ccc([N+](=O)[O-])cn1. The second-order valence-electron chi connectivity index (χ2n) is 7.65. The molecule has 2 heterocycles. The van der Waals surface area contributed by atoms with Gasteiger partial charge in [-0.3, -0.25) is 10.1 Å². The number of pyridine rings is 1. The topological polar surface area (TPSA) is 68.5 Å². The maximum absolute atomic E-state index is 10.8. The lowest BCUT2D eigenvalue weighted by Crippen LogP contribution is -2.51. The molecule has 128 valence electrons. The summed E-state index contributed by atoms with van der Waals surface area (Å²) < 4.78 is 6.58. The van der Waals surface area contributed by atoms with Crippen molar-refractivity contribution < 1.29 is 9.35 Å². The smallest absolute Gasteiger partial charge is 0.287 e. The first-order valence-corrected chi connectivity index (χ1v) is 11.1. The van der Waals surface area contributed by atoms with Crippen molar-refractivity contribution in [3.63, 3.8) is 0 Å². The summed E-state index contributed by atoms with van der Waals surface area (Å²) in [6.45, 7) is 12.1. The van der Waals surface area contributed by atoms with Crippen LogP contribution in [-0.4, -0.2) is 31.0 Å². The monoisotopic (exact) mass is 337 g/mol. The van der Waals surface area contributed by atoms with Crippen LogP contribution in [0.5, 0.6) is 0 Å². The van der Waals surface area contributed by atoms with E-state index in [1.54, 1.807) is 6.07 Å². The van der Waals surface area contributed by atoms with E-state index in [4.69, 9.17) is 4.43 Å². The maximum Gasteiger partial charge on any atom is 0.287 e. The Morgan fingerprint density at radius 3 is 2.57 bits per heavy atom. The summed E-state index contributed by atoms with van der Waals surface area (Å²) in [5, 5.41) is 10.9. The highest BCUT2D eigenvalue weighted by molar-refractivity contribution is 6.74. The minimum absolute atomic E-state index is 0.0126. The number of rotatable bonds is 4. The van der Waals surface area contributed by atoms with Gasteiger partial charge in [-0.05, 0) is 43.5 Å². The molecule has 1 unspecified atom stereocenters. The zero-order valence-electron chi connectivity index (χ0n) is 14.7. The van der Waals surface area contributed by atoms with Crippen LogP contribution in [-0.2, 0) is 4.43 Å². The van der Waals surface area contributed by atoms with Gasteiger partial charge in [-0.15, -0.1) is 0 Å². The molecule has 1 aliphatic heterocycles. The Kier molecular flexibility index (Phi) is 5.10. The highest BCUT2D eigenvalue weighted by Crippen LogP contribution is 2.39. The molecule has 2 rings (SSSR count). The molecule has 1 fully saturated rings. The average Bonchev–Trinajstić information content (AvgIpc) is 2.46. The summed E-state index contributed by atoms with van der Waals surface area (Å²) in [6.07, 6.45) is 4.55. The van der Waals surface area contributed by atoms with Crippen LogP contribution in [0.3, 0.4) is 0 Å². The third-order valence-corrected chi connectivity index (χ3v) is 9.40. The quantitative estimate of drug-likeness (QED) is 0.465. The summed E-state index contributed by atoms with van der Waals surface area (Å²) >= 11 is 0. The van der Waals surface area contributed by atoms with Gasteiger partial charge in [0.05, 0.1) is 4.92 Å². The van der Waals surface area contributed by atoms with Gasteiger partial charge < -0.3 is 9.33 Å². The molecule has 7 heteroatoms. The Labute approximate surface area is 139 Å². The van der Waals surface area contributed by atoms with Crippen molar-refractivity contribution in [3.8, 4) is 0 Å². The second-order valence-corrected chi connectivity index (χ2v) is 12.4. The normalized spacial score (nSPS) is 19.7. The van der Waals surface area contributed by atoms with Crippen molar-refractivity contribution in [2.45, 2.75) is 64.4 Å². The van der Waals surface area contributed by atoms with E-state index < -0.39 is 13.2 Å². The summed E-state index contributed by atoms with van der Waals surface area (Å²) in [6, 6.07) is 3.24. The average molecular weight is 337 g/mol. The fourth-order valence-corrected chi connectivity index (χ4v) is 3.74. The summed E-state index contributed by atoms with van der Waals surface area (Å²) in [7, 11) is -1.87. The fraction of sp³-hybridized carbons (Fsp3) is 0.688. The molecule has 0 radical (unpaired) electrons. The van der Waals surface area contributed by atoms with Gasteiger partial charge in [0.1, 0.15) is 18.2 Å². The highest BCUT2D eigenvalue weighted by atomic mass is 28.4. The van der Waals surface area contributed by atoms with Crippen molar-refractivity contribution in [3.05, 3.63) is 28.4 Å². The molecular weight excluding hydrogens is 310 g/mol. The number of anilines is 1. The van der Waals surface area contributed by atoms with E-state index in [0.29, 0.717) is 0 Å². The van der Waals surface area contributed by atoms with Crippen molar-refractivity contribution >= 4 is 19.8 Å². The summed E-state index contributed by atoms with van der Waals surface area (Å²) in [5.41, 5.74) is 0.0209. The Hall–Kier alpha value is -1.47. The summed E-state index contributed by atoms with van der Waals surface area (Å²) in [5.74, 6) is 0.763. The Morgan fingerprint density at radius 2 is 2.04 bits per heavy atom. The zero-order chi connectivity index (χ0) is 17.3. The van der Waals surface area contributed by atoms with Crippen LogP contribution in [0.15, 0.2) is 18.3 Å². The van der Waals surface area contributed by atoms with E-state index >= 15 is 0 Å². The van der Waals surface area contributed by atoms with Gasteiger partial charge in [0.25, 0.3) is 5.69 Å². The minimum atomic E-state index is -1.87. The van der Waals surface area contributed by atoms with Crippen LogP contribution in [0, 0.1) is 10.1 Å². The highest BCUT2D eigenvalue weighted by Gasteiger charge is 2.41. The van der Waals surface area contributed by atoms with Crippen LogP contribution >= 0.6 is 0 Å². The first-order chi connectivity index (χ1) is 10.6. The van der Waals surface area contributed by atoms with E-state index in [-0.39, 0.29) is 17.0 Å². The molecule has 0 aliphatic carbocycles. The third kappa shape index (κ3) is 4.09. The molecule has 0 amide bonds. The van der Waals surface area contributed by atoms with Gasteiger partial charge in [-0.2, -0.15) is 0 Å². The molecule has 0 spiro atoms. The molecule has 1 atom stereocenters. The third-order valence-electron chi connectivity index (χ3n) is 4.92. The molecule has 0 bridgehead atoms. The molecule has 0 aromatic carbocycles. The molecule has 1 saturated heterocycles. The largest absolute Gasteiger partial charge is 0.397 e. The first-order valence-electron chi connectivity index (χ1n) is 8.17. The zero-order valence-corrected chi connectivity index (χ0v) is 15.7. The van der Waals surface area contributed by atoms with E-state index in [2.05, 4.69) is 43.7 Å². The first kappa shape index (κ1) is 17.9. The van der Waals surface area contributed by atoms with E-state index in [0.717, 1.165) is 31.6 Å². The molecule has 6 nitrogen and oxygen atoms in total. The van der Waals surface area contributed by atoms with Crippen LogP contribution in [0.4, 0.5) is 11.5 Å². The van der Waals surface area contributed by atoms with Crippen LogP contribution in [0.1, 0.15) is 40.0 Å². The number of nitrogens with zero attached hydrogens (tertiary/aromatic N) is 3. The van der Waals surface area contributed by atoms with E-state index in [1.807, 2.05) is 0 Å². The number of aromatic nitrogens is 1. The predicted molar refractivity (Wildman–Crippen MR) is 94.2 cm³/mol. The van der Waals surface area contributed by atoms with Gasteiger partial charge in [0, 0.05) is 12.6 Å². The second kappa shape index (κ2) is 6.57. The fourth-order valence-electron chi connectivity index (χ4n) is 2.46. The lowest BCUT2D eigenvalue weighted by atomic mass is 10.1. The molecule has 0 N–H and O–H groups in total. The lowest BCUT2D eigenvalue weighted by Gasteiger charge is -2.44. The molecule has 0 saturated carbocycles. The number of nitro groups is 1. The van der Waals surface area contributed by atoms with Gasteiger partial charge in [-0.1, -0.05) is 20.8 Å². The van der Waals surface area contributed by atoms with E-state index in [9.17, 15) is 10.1 Å². The van der Waals surface area contributed by atoms with Crippen molar-refractivity contribution in [1.82, 2.24) is 4.98 Å². The standard InChI is InChI=1S/C16H27N3O3Si/c1-16(2,3)23(4,5)22-15-8-6-7-11-18(15)14-10-9-13(12-17-14)19(20)21/h9-10,12,15H,6-8,11H2,1-5H3. The Morgan fingerprint density at radius 1 is 1.35 bits per heavy atom. The Bertz CT molecular complexity index is 555. The van der Waals surface area contributed by atoms with Gasteiger partial charge in [0.15, 0.2) is 8.32 Å². The molecular formula is C16H27N3O3Si. The van der Waals surface area contributed by atoms with Gasteiger partial charge >= 0.3 is 0 Å². The van der Waals surface area contributed by atoms with Crippen molar-refractivity contribution in [2.75, 3.05) is 11.4 Å².